The molecule has 0 bridgehead atoms. The summed E-state index contributed by atoms with van der Waals surface area (Å²) in [5.41, 5.74) is 2.09. The van der Waals surface area contributed by atoms with Gasteiger partial charge in [0.2, 0.25) is 5.91 Å². The van der Waals surface area contributed by atoms with Gasteiger partial charge in [-0.15, -0.1) is 0 Å². The molecule has 10 nitrogen and oxygen atoms in total. The first-order valence-corrected chi connectivity index (χ1v) is 12.8. The van der Waals surface area contributed by atoms with E-state index in [2.05, 4.69) is 15.0 Å². The van der Waals surface area contributed by atoms with E-state index in [-0.39, 0.29) is 25.7 Å². The molecule has 0 aliphatic carbocycles. The van der Waals surface area contributed by atoms with Crippen molar-refractivity contribution < 1.29 is 24.1 Å². The van der Waals surface area contributed by atoms with E-state index >= 15 is 0 Å². The van der Waals surface area contributed by atoms with Gasteiger partial charge in [0, 0.05) is 33.3 Å². The largest absolute Gasteiger partial charge is 0.492 e. The van der Waals surface area contributed by atoms with Crippen molar-refractivity contribution in [1.29, 1.82) is 0 Å². The first-order chi connectivity index (χ1) is 18.3. The molecule has 1 aromatic heterocycles. The van der Waals surface area contributed by atoms with Crippen LogP contribution in [0.15, 0.2) is 55.1 Å². The van der Waals surface area contributed by atoms with Gasteiger partial charge in [0.05, 0.1) is 13.1 Å². The Morgan fingerprint density at radius 1 is 1.05 bits per heavy atom. The highest BCUT2D eigenvalue weighted by Gasteiger charge is 2.37. The summed E-state index contributed by atoms with van der Waals surface area (Å²) in [5, 5.41) is 15.8. The summed E-state index contributed by atoms with van der Waals surface area (Å²) in [6, 6.07) is 13.8. The molecule has 10 heteroatoms. The van der Waals surface area contributed by atoms with Crippen molar-refractivity contribution in [3.8, 4) is 11.5 Å². The van der Waals surface area contributed by atoms with Crippen LogP contribution in [0.25, 0.3) is 0 Å². The zero-order valence-corrected chi connectivity index (χ0v) is 22.4. The molecule has 3 aromatic rings. The highest BCUT2D eigenvalue weighted by Crippen LogP contribution is 2.22. The molecule has 38 heavy (non-hydrogen) atoms. The van der Waals surface area contributed by atoms with Crippen LogP contribution in [0.4, 0.5) is 0 Å². The number of ether oxygens (including phenoxy) is 3. The van der Waals surface area contributed by atoms with Crippen molar-refractivity contribution in [2.75, 3.05) is 53.1 Å². The topological polar surface area (TPSA) is 102 Å². The number of aromatic nitrogens is 3. The molecule has 2 aromatic carbocycles. The monoisotopic (exact) mass is 523 g/mol. The van der Waals surface area contributed by atoms with Crippen molar-refractivity contribution >= 4 is 5.91 Å². The van der Waals surface area contributed by atoms with Crippen molar-refractivity contribution in [2.24, 2.45) is 0 Å². The number of carbonyl (C=O) groups is 1. The van der Waals surface area contributed by atoms with Gasteiger partial charge in [-0.05, 0) is 54.8 Å². The lowest BCUT2D eigenvalue weighted by Gasteiger charge is -2.33. The van der Waals surface area contributed by atoms with Crippen LogP contribution in [-0.4, -0.2) is 94.3 Å². The van der Waals surface area contributed by atoms with Gasteiger partial charge in [0.1, 0.15) is 49.6 Å². The Bertz CT molecular complexity index is 1190. The second-order valence-electron chi connectivity index (χ2n) is 9.87. The van der Waals surface area contributed by atoms with E-state index in [4.69, 9.17) is 14.2 Å². The summed E-state index contributed by atoms with van der Waals surface area (Å²) in [5.74, 6) is 1.31. The molecule has 0 spiro atoms. The van der Waals surface area contributed by atoms with Crippen molar-refractivity contribution in [1.82, 2.24) is 24.6 Å². The molecule has 0 radical (unpaired) electrons. The molecule has 2 heterocycles. The third-order valence-electron chi connectivity index (χ3n) is 6.66. The predicted molar refractivity (Wildman–Crippen MR) is 142 cm³/mol. The lowest BCUT2D eigenvalue weighted by Crippen LogP contribution is -2.52. The third-order valence-corrected chi connectivity index (χ3v) is 6.66. The van der Waals surface area contributed by atoms with Gasteiger partial charge in [0.15, 0.2) is 0 Å². The van der Waals surface area contributed by atoms with Gasteiger partial charge < -0.3 is 24.2 Å². The summed E-state index contributed by atoms with van der Waals surface area (Å²) in [4.78, 5) is 20.4. The number of methoxy groups -OCH3 is 1. The molecule has 1 amide bonds. The first-order valence-electron chi connectivity index (χ1n) is 12.8. The number of rotatable bonds is 11. The maximum Gasteiger partial charge on any atom is 0.248 e. The normalized spacial score (nSPS) is 18.3. The number of carbonyl (C=O) groups excluding carboxylic acids is 1. The number of aryl methyl sites for hydroxylation is 2. The van der Waals surface area contributed by atoms with Gasteiger partial charge in [-0.25, -0.2) is 9.67 Å². The Kier molecular flexibility index (Phi) is 9.33. The Balaban J connectivity index is 1.43. The fourth-order valence-corrected chi connectivity index (χ4v) is 4.51. The summed E-state index contributed by atoms with van der Waals surface area (Å²) in [7, 11) is 1.50. The molecule has 204 valence electrons. The maximum atomic E-state index is 12.7. The number of amides is 1. The smallest absolute Gasteiger partial charge is 0.248 e. The lowest BCUT2D eigenvalue weighted by atomic mass is 10.0. The fourth-order valence-electron chi connectivity index (χ4n) is 4.51. The van der Waals surface area contributed by atoms with Crippen molar-refractivity contribution in [2.45, 2.75) is 32.5 Å². The first kappa shape index (κ1) is 27.6. The number of aliphatic hydroxyl groups is 1. The van der Waals surface area contributed by atoms with Crippen LogP contribution in [-0.2, 0) is 22.6 Å². The third kappa shape index (κ3) is 7.77. The number of benzene rings is 2. The Labute approximate surface area is 223 Å². The maximum absolute atomic E-state index is 12.7. The van der Waals surface area contributed by atoms with E-state index < -0.39 is 5.60 Å². The number of β-amino-alcohol motifs (C(OH)–C–C–N with tert-alkyl or cyclic N) is 1. The van der Waals surface area contributed by atoms with Gasteiger partial charge in [-0.1, -0.05) is 18.2 Å². The zero-order chi connectivity index (χ0) is 27.0. The molecule has 0 saturated carbocycles. The minimum Gasteiger partial charge on any atom is -0.492 e. The van der Waals surface area contributed by atoms with Crippen molar-refractivity contribution in [3.63, 3.8) is 0 Å². The molecule has 4 rings (SSSR count). The fraction of sp³-hybridized carbons (Fsp3) is 0.464. The molecular formula is C28H37N5O5. The summed E-state index contributed by atoms with van der Waals surface area (Å²) in [6.07, 6.45) is 3.16. The average molecular weight is 524 g/mol. The van der Waals surface area contributed by atoms with E-state index in [9.17, 15) is 9.90 Å². The van der Waals surface area contributed by atoms with E-state index in [0.717, 1.165) is 16.9 Å². The van der Waals surface area contributed by atoms with Crippen LogP contribution < -0.4 is 9.47 Å². The Hall–Kier alpha value is -3.47. The molecule has 1 aliphatic rings. The molecule has 1 aliphatic heterocycles. The van der Waals surface area contributed by atoms with Crippen LogP contribution in [0.2, 0.25) is 0 Å². The van der Waals surface area contributed by atoms with E-state index in [0.29, 0.717) is 45.1 Å². The second-order valence-corrected chi connectivity index (χ2v) is 9.87. The van der Waals surface area contributed by atoms with Crippen LogP contribution >= 0.6 is 0 Å². The predicted octanol–water partition coefficient (Wildman–Crippen LogP) is 2.07. The van der Waals surface area contributed by atoms with Crippen LogP contribution in [0.5, 0.6) is 11.5 Å². The van der Waals surface area contributed by atoms with Gasteiger partial charge in [-0.2, -0.15) is 5.10 Å². The number of hydrogen-bond acceptors (Lipinski definition) is 8. The quantitative estimate of drug-likeness (QED) is 0.408. The van der Waals surface area contributed by atoms with Gasteiger partial charge in [-0.3, -0.25) is 9.69 Å². The van der Waals surface area contributed by atoms with Crippen LogP contribution in [0.1, 0.15) is 16.7 Å². The minimum atomic E-state index is -1.26. The van der Waals surface area contributed by atoms with Gasteiger partial charge in [0.25, 0.3) is 0 Å². The molecule has 1 atom stereocenters. The second kappa shape index (κ2) is 12.9. The van der Waals surface area contributed by atoms with Crippen LogP contribution in [0, 0.1) is 13.8 Å². The van der Waals surface area contributed by atoms with Crippen LogP contribution in [0.3, 0.4) is 0 Å². The number of nitrogens with zero attached hydrogens (tertiary/aromatic N) is 5. The molecule has 1 saturated heterocycles. The Morgan fingerprint density at radius 2 is 1.89 bits per heavy atom. The van der Waals surface area contributed by atoms with Gasteiger partial charge >= 0.3 is 0 Å². The van der Waals surface area contributed by atoms with E-state index in [1.165, 1.54) is 19.0 Å². The summed E-state index contributed by atoms with van der Waals surface area (Å²) >= 11 is 0. The summed E-state index contributed by atoms with van der Waals surface area (Å²) in [6.45, 7) is 7.41. The molecule has 1 fully saturated rings. The minimum absolute atomic E-state index is 0.0257. The standard InChI is InChI=1S/C28H37N5O5/c1-22-7-8-26(13-23(22)2)38-19-28(35)17-31(9-10-32(18-28)27(34)16-36-3)15-24-5-4-6-25(14-24)37-12-11-33-21-29-20-30-33/h4-8,13-14,20-21,35H,9-12,15-19H2,1-3H3/t28-/m0/s1. The highest BCUT2D eigenvalue weighted by molar-refractivity contribution is 5.77. The Morgan fingerprint density at radius 3 is 2.66 bits per heavy atom. The SMILES string of the molecule is COCC(=O)N1CCN(Cc2cccc(OCCn3cncn3)c2)C[C@@](O)(COc2ccc(C)c(C)c2)C1. The zero-order valence-electron chi connectivity index (χ0n) is 22.4. The molecular weight excluding hydrogens is 486 g/mol. The van der Waals surface area contributed by atoms with Crippen molar-refractivity contribution in [3.05, 3.63) is 71.8 Å². The number of hydrogen-bond donors (Lipinski definition) is 1. The van der Waals surface area contributed by atoms with E-state index in [1.54, 1.807) is 15.9 Å². The highest BCUT2D eigenvalue weighted by atomic mass is 16.5. The molecule has 0 unspecified atom stereocenters. The summed E-state index contributed by atoms with van der Waals surface area (Å²) < 4.78 is 18.7. The van der Waals surface area contributed by atoms with E-state index in [1.807, 2.05) is 56.3 Å². The molecule has 1 N–H and O–H groups in total. The lowest BCUT2D eigenvalue weighted by molar-refractivity contribution is -0.138. The average Bonchev–Trinajstić information content (AvgIpc) is 3.35.